The molecule has 0 aliphatic carbocycles. The van der Waals surface area contributed by atoms with Crippen molar-refractivity contribution in [3.8, 4) is 0 Å². The molecule has 2 saturated heterocycles. The molecule has 4 nitrogen and oxygen atoms in total. The number of rotatable bonds is 5. The topological polar surface area (TPSA) is 43.8 Å². The van der Waals surface area contributed by atoms with E-state index in [0.29, 0.717) is 6.42 Å². The van der Waals surface area contributed by atoms with E-state index in [9.17, 15) is 9.90 Å². The molecular formula is C16H30N2O2. The van der Waals surface area contributed by atoms with Crippen molar-refractivity contribution in [1.29, 1.82) is 0 Å². The van der Waals surface area contributed by atoms with Crippen molar-refractivity contribution in [3.63, 3.8) is 0 Å². The lowest BCUT2D eigenvalue weighted by molar-refractivity contribution is -0.141. The molecule has 0 bridgehead atoms. The normalized spacial score (nSPS) is 25.2. The highest BCUT2D eigenvalue weighted by molar-refractivity contribution is 5.68. The number of aliphatic carboxylic acids is 1. The lowest BCUT2D eigenvalue weighted by Crippen LogP contribution is -2.56. The summed E-state index contributed by atoms with van der Waals surface area (Å²) in [6, 6.07) is 0. The number of hydrogen-bond acceptors (Lipinski definition) is 3. The molecule has 20 heavy (non-hydrogen) atoms. The zero-order valence-electron chi connectivity index (χ0n) is 12.9. The van der Waals surface area contributed by atoms with Crippen molar-refractivity contribution >= 4 is 5.97 Å². The summed E-state index contributed by atoms with van der Waals surface area (Å²) in [4.78, 5) is 16.4. The Kier molecular flexibility index (Phi) is 5.85. The minimum absolute atomic E-state index is 0.0690. The van der Waals surface area contributed by atoms with Crippen LogP contribution in [0.3, 0.4) is 0 Å². The Labute approximate surface area is 123 Å². The Bertz CT molecular complexity index is 304. The van der Waals surface area contributed by atoms with Crippen LogP contribution in [-0.2, 0) is 4.79 Å². The van der Waals surface area contributed by atoms with E-state index in [1.165, 1.54) is 32.1 Å². The first-order valence-electron chi connectivity index (χ1n) is 8.35. The average molecular weight is 282 g/mol. The lowest BCUT2D eigenvalue weighted by Gasteiger charge is -2.48. The van der Waals surface area contributed by atoms with Gasteiger partial charge in [-0.05, 0) is 64.8 Å². The third-order valence-corrected chi connectivity index (χ3v) is 5.08. The number of nitrogens with zero attached hydrogens (tertiary/aromatic N) is 2. The van der Waals surface area contributed by atoms with Crippen molar-refractivity contribution < 1.29 is 9.90 Å². The number of carboxylic acid groups (broad SMARTS) is 1. The van der Waals surface area contributed by atoms with Crippen molar-refractivity contribution in [3.05, 3.63) is 0 Å². The predicted molar refractivity (Wildman–Crippen MR) is 81.0 cm³/mol. The van der Waals surface area contributed by atoms with Gasteiger partial charge in [0.1, 0.15) is 0 Å². The van der Waals surface area contributed by atoms with E-state index >= 15 is 0 Å². The number of likely N-dealkylation sites (tertiary alicyclic amines) is 2. The standard InChI is InChI=1S/C16H30N2O2/c1-2-9-17-12-7-16(8-13-17,14-15(19)20)18-10-5-3-4-6-11-18/h2-14H2,1H3,(H,19,20). The highest BCUT2D eigenvalue weighted by atomic mass is 16.4. The second-order valence-electron chi connectivity index (χ2n) is 6.54. The molecule has 0 radical (unpaired) electrons. The van der Waals surface area contributed by atoms with Gasteiger partial charge in [-0.15, -0.1) is 0 Å². The van der Waals surface area contributed by atoms with E-state index in [0.717, 1.165) is 45.6 Å². The summed E-state index contributed by atoms with van der Waals surface area (Å²) in [5.74, 6) is -0.627. The monoisotopic (exact) mass is 282 g/mol. The van der Waals surface area contributed by atoms with Crippen LogP contribution in [-0.4, -0.2) is 59.1 Å². The van der Waals surface area contributed by atoms with Gasteiger partial charge in [0.2, 0.25) is 0 Å². The predicted octanol–water partition coefficient (Wildman–Crippen LogP) is 2.58. The number of piperidine rings is 1. The fourth-order valence-electron chi connectivity index (χ4n) is 3.94. The van der Waals surface area contributed by atoms with Gasteiger partial charge in [-0.1, -0.05) is 19.8 Å². The molecule has 2 heterocycles. The second-order valence-corrected chi connectivity index (χ2v) is 6.54. The van der Waals surface area contributed by atoms with E-state index in [1.807, 2.05) is 0 Å². The third-order valence-electron chi connectivity index (χ3n) is 5.08. The Balaban J connectivity index is 2.04. The van der Waals surface area contributed by atoms with Gasteiger partial charge in [-0.3, -0.25) is 9.69 Å². The van der Waals surface area contributed by atoms with Crippen LogP contribution < -0.4 is 0 Å². The molecule has 0 spiro atoms. The quantitative estimate of drug-likeness (QED) is 0.842. The minimum atomic E-state index is -0.627. The highest BCUT2D eigenvalue weighted by Gasteiger charge is 2.41. The van der Waals surface area contributed by atoms with Gasteiger partial charge in [0.25, 0.3) is 0 Å². The highest BCUT2D eigenvalue weighted by Crippen LogP contribution is 2.34. The van der Waals surface area contributed by atoms with E-state index in [1.54, 1.807) is 0 Å². The molecule has 116 valence electrons. The summed E-state index contributed by atoms with van der Waals surface area (Å²) in [6.45, 7) is 7.70. The summed E-state index contributed by atoms with van der Waals surface area (Å²) in [6.07, 6.45) is 8.66. The third kappa shape index (κ3) is 3.95. The molecule has 0 saturated carbocycles. The van der Waals surface area contributed by atoms with E-state index in [-0.39, 0.29) is 5.54 Å². The minimum Gasteiger partial charge on any atom is -0.481 e. The molecule has 0 aromatic rings. The molecule has 0 atom stereocenters. The molecule has 4 heteroatoms. The summed E-state index contributed by atoms with van der Waals surface area (Å²) >= 11 is 0. The number of carboxylic acids is 1. The van der Waals surface area contributed by atoms with Crippen LogP contribution in [0, 0.1) is 0 Å². The summed E-state index contributed by atoms with van der Waals surface area (Å²) in [5, 5.41) is 9.36. The molecule has 0 unspecified atom stereocenters. The Hall–Kier alpha value is -0.610. The van der Waals surface area contributed by atoms with Crippen LogP contribution >= 0.6 is 0 Å². The van der Waals surface area contributed by atoms with Crippen LogP contribution in [0.1, 0.15) is 58.3 Å². The van der Waals surface area contributed by atoms with Crippen LogP contribution in [0.25, 0.3) is 0 Å². The molecule has 2 fully saturated rings. The van der Waals surface area contributed by atoms with E-state index < -0.39 is 5.97 Å². The largest absolute Gasteiger partial charge is 0.481 e. The molecule has 0 aromatic heterocycles. The van der Waals surface area contributed by atoms with Crippen molar-refractivity contribution in [2.24, 2.45) is 0 Å². The van der Waals surface area contributed by atoms with Crippen LogP contribution in [0.5, 0.6) is 0 Å². The maximum Gasteiger partial charge on any atom is 0.305 e. The first-order valence-corrected chi connectivity index (χ1v) is 8.35. The molecular weight excluding hydrogens is 252 g/mol. The summed E-state index contributed by atoms with van der Waals surface area (Å²) < 4.78 is 0. The molecule has 2 aliphatic heterocycles. The average Bonchev–Trinajstić information content (AvgIpc) is 2.70. The molecule has 2 aliphatic rings. The first-order chi connectivity index (χ1) is 9.66. The number of hydrogen-bond donors (Lipinski definition) is 1. The Morgan fingerprint density at radius 2 is 1.65 bits per heavy atom. The van der Waals surface area contributed by atoms with Gasteiger partial charge >= 0.3 is 5.97 Å². The van der Waals surface area contributed by atoms with Crippen molar-refractivity contribution in [1.82, 2.24) is 9.80 Å². The maximum absolute atomic E-state index is 11.4. The van der Waals surface area contributed by atoms with Crippen molar-refractivity contribution in [2.45, 2.75) is 63.8 Å². The van der Waals surface area contributed by atoms with E-state index in [2.05, 4.69) is 16.7 Å². The maximum atomic E-state index is 11.4. The van der Waals surface area contributed by atoms with E-state index in [4.69, 9.17) is 0 Å². The molecule has 0 aromatic carbocycles. The molecule has 0 amide bonds. The smallest absolute Gasteiger partial charge is 0.305 e. The Morgan fingerprint density at radius 1 is 1.05 bits per heavy atom. The summed E-state index contributed by atoms with van der Waals surface area (Å²) in [7, 11) is 0. The van der Waals surface area contributed by atoms with Crippen LogP contribution in [0.2, 0.25) is 0 Å². The summed E-state index contributed by atoms with van der Waals surface area (Å²) in [5.41, 5.74) is -0.0690. The van der Waals surface area contributed by atoms with Gasteiger partial charge in [0.15, 0.2) is 0 Å². The zero-order valence-corrected chi connectivity index (χ0v) is 12.9. The van der Waals surface area contributed by atoms with Gasteiger partial charge in [-0.2, -0.15) is 0 Å². The fraction of sp³-hybridized carbons (Fsp3) is 0.938. The van der Waals surface area contributed by atoms with Crippen molar-refractivity contribution in [2.75, 3.05) is 32.7 Å². The molecule has 2 rings (SSSR count). The van der Waals surface area contributed by atoms with Gasteiger partial charge in [0.05, 0.1) is 6.42 Å². The number of carbonyl (C=O) groups is 1. The first kappa shape index (κ1) is 15.8. The lowest BCUT2D eigenvalue weighted by atomic mass is 9.82. The van der Waals surface area contributed by atoms with Gasteiger partial charge in [0, 0.05) is 5.54 Å². The second kappa shape index (κ2) is 7.41. The van der Waals surface area contributed by atoms with Crippen LogP contribution in [0.15, 0.2) is 0 Å². The van der Waals surface area contributed by atoms with Gasteiger partial charge in [-0.25, -0.2) is 0 Å². The zero-order chi connectivity index (χ0) is 14.4. The fourth-order valence-corrected chi connectivity index (χ4v) is 3.94. The van der Waals surface area contributed by atoms with Crippen LogP contribution in [0.4, 0.5) is 0 Å². The molecule has 1 N–H and O–H groups in total. The SMILES string of the molecule is CCCN1CCC(CC(=O)O)(N2CCCCCC2)CC1. The van der Waals surface area contributed by atoms with Gasteiger partial charge < -0.3 is 10.0 Å². The Morgan fingerprint density at radius 3 is 2.15 bits per heavy atom.